The van der Waals surface area contributed by atoms with Gasteiger partial charge in [0.05, 0.1) is 11.5 Å². The van der Waals surface area contributed by atoms with E-state index in [1.165, 1.54) is 25.5 Å². The van der Waals surface area contributed by atoms with Gasteiger partial charge in [0, 0.05) is 6.54 Å². The fraction of sp³-hybridized carbons (Fsp3) is 0.636. The summed E-state index contributed by atoms with van der Waals surface area (Å²) in [5.74, 6) is -0.459. The molecule has 1 atom stereocenters. The summed E-state index contributed by atoms with van der Waals surface area (Å²) in [5.41, 5.74) is -0.990. The molecule has 9 heteroatoms. The second-order valence-electron chi connectivity index (χ2n) is 4.87. The number of nitrogens with one attached hydrogen (secondary N) is 1. The van der Waals surface area contributed by atoms with Crippen LogP contribution >= 0.6 is 0 Å². The summed E-state index contributed by atoms with van der Waals surface area (Å²) in [4.78, 5) is 22.0. The lowest BCUT2D eigenvalue weighted by atomic mass is 10.1. The second-order valence-corrected chi connectivity index (χ2v) is 4.87. The number of hydrogen-bond donors (Lipinski definition) is 3. The Morgan fingerprint density at radius 1 is 1.55 bits per heavy atom. The molecule has 1 amide bonds. The van der Waals surface area contributed by atoms with Gasteiger partial charge in [-0.25, -0.2) is 0 Å². The maximum atomic E-state index is 11.7. The molecule has 20 heavy (non-hydrogen) atoms. The molecule has 1 aromatic rings. The maximum absolute atomic E-state index is 11.7. The Labute approximate surface area is 115 Å². The van der Waals surface area contributed by atoms with Crippen molar-refractivity contribution in [2.24, 2.45) is 0 Å². The number of nitro groups is 1. The summed E-state index contributed by atoms with van der Waals surface area (Å²) < 4.78 is 1.23. The number of aryl methyl sites for hydroxylation is 1. The average molecular weight is 286 g/mol. The normalized spacial score (nSPS) is 13.8. The van der Waals surface area contributed by atoms with Crippen molar-refractivity contribution in [2.75, 3.05) is 13.2 Å². The highest BCUT2D eigenvalue weighted by atomic mass is 16.6. The lowest BCUT2D eigenvalue weighted by molar-refractivity contribution is -0.386. The number of rotatable bonds is 6. The molecule has 0 radical (unpaired) electrons. The minimum atomic E-state index is -1.41. The Balaban J connectivity index is 2.73. The van der Waals surface area contributed by atoms with E-state index in [2.05, 4.69) is 10.4 Å². The van der Waals surface area contributed by atoms with Crippen molar-refractivity contribution in [1.82, 2.24) is 15.1 Å². The number of carbonyl (C=O) groups is 1. The summed E-state index contributed by atoms with van der Waals surface area (Å²) in [5, 5.41) is 35.6. The Hall–Kier alpha value is -2.00. The molecule has 0 saturated carbocycles. The molecule has 0 aliphatic heterocycles. The lowest BCUT2D eigenvalue weighted by Gasteiger charge is -2.20. The van der Waals surface area contributed by atoms with Gasteiger partial charge in [-0.15, -0.1) is 0 Å². The Morgan fingerprint density at radius 2 is 2.15 bits per heavy atom. The largest absolute Gasteiger partial charge is 0.393 e. The van der Waals surface area contributed by atoms with Crippen LogP contribution in [0.3, 0.4) is 0 Å². The fourth-order valence-electron chi connectivity index (χ4n) is 1.64. The van der Waals surface area contributed by atoms with Crippen LogP contribution in [0.4, 0.5) is 5.69 Å². The second kappa shape index (κ2) is 5.97. The zero-order valence-corrected chi connectivity index (χ0v) is 11.6. The van der Waals surface area contributed by atoms with Crippen molar-refractivity contribution in [3.05, 3.63) is 21.5 Å². The van der Waals surface area contributed by atoms with Crippen LogP contribution in [0.5, 0.6) is 0 Å². The standard InChI is InChI=1S/C11H18N4O5/c1-7-10(15(19)20)8(2)14(13-7)4-9(17)12-5-11(3,18)6-16/h16,18H,4-6H2,1-3H3,(H,12,17). The predicted molar refractivity (Wildman–Crippen MR) is 69.1 cm³/mol. The number of hydrogen-bond acceptors (Lipinski definition) is 6. The van der Waals surface area contributed by atoms with Crippen LogP contribution in [-0.4, -0.2) is 49.6 Å². The summed E-state index contributed by atoms with van der Waals surface area (Å²) in [7, 11) is 0. The third-order valence-corrected chi connectivity index (χ3v) is 2.83. The van der Waals surface area contributed by atoms with Crippen molar-refractivity contribution in [3.8, 4) is 0 Å². The van der Waals surface area contributed by atoms with Crippen LogP contribution in [0, 0.1) is 24.0 Å². The molecule has 1 aromatic heterocycles. The van der Waals surface area contributed by atoms with Gasteiger partial charge < -0.3 is 15.5 Å². The van der Waals surface area contributed by atoms with E-state index >= 15 is 0 Å². The van der Waals surface area contributed by atoms with Crippen LogP contribution in [0.2, 0.25) is 0 Å². The monoisotopic (exact) mass is 286 g/mol. The van der Waals surface area contributed by atoms with Gasteiger partial charge in [0.15, 0.2) is 0 Å². The van der Waals surface area contributed by atoms with E-state index in [9.17, 15) is 20.0 Å². The number of nitrogens with zero attached hydrogens (tertiary/aromatic N) is 3. The van der Waals surface area contributed by atoms with Crippen LogP contribution in [0.1, 0.15) is 18.3 Å². The maximum Gasteiger partial charge on any atom is 0.312 e. The average Bonchev–Trinajstić information content (AvgIpc) is 2.62. The Kier molecular flexibility index (Phi) is 4.79. The summed E-state index contributed by atoms with van der Waals surface area (Å²) >= 11 is 0. The molecule has 3 N–H and O–H groups in total. The summed E-state index contributed by atoms with van der Waals surface area (Å²) in [6.45, 7) is 3.58. The number of amides is 1. The lowest BCUT2D eigenvalue weighted by Crippen LogP contribution is -2.44. The van der Waals surface area contributed by atoms with E-state index < -0.39 is 23.0 Å². The molecule has 1 heterocycles. The van der Waals surface area contributed by atoms with E-state index in [-0.39, 0.29) is 30.2 Å². The first-order valence-corrected chi connectivity index (χ1v) is 5.96. The molecule has 1 unspecified atom stereocenters. The van der Waals surface area contributed by atoms with E-state index in [1.54, 1.807) is 0 Å². The number of carbonyl (C=O) groups excluding carboxylic acids is 1. The first kappa shape index (κ1) is 16.1. The van der Waals surface area contributed by atoms with E-state index in [0.29, 0.717) is 0 Å². The molecular weight excluding hydrogens is 268 g/mol. The Morgan fingerprint density at radius 3 is 2.60 bits per heavy atom. The fourth-order valence-corrected chi connectivity index (χ4v) is 1.64. The number of aliphatic hydroxyl groups is 2. The minimum absolute atomic E-state index is 0.111. The van der Waals surface area contributed by atoms with Gasteiger partial charge in [-0.2, -0.15) is 5.10 Å². The molecule has 0 aliphatic carbocycles. The predicted octanol–water partition coefficient (Wildman–Crippen LogP) is -0.732. The highest BCUT2D eigenvalue weighted by Gasteiger charge is 2.24. The van der Waals surface area contributed by atoms with Crippen LogP contribution < -0.4 is 5.32 Å². The van der Waals surface area contributed by atoms with Gasteiger partial charge in [-0.05, 0) is 20.8 Å². The summed E-state index contributed by atoms with van der Waals surface area (Å²) in [6, 6.07) is 0. The van der Waals surface area contributed by atoms with Crippen LogP contribution in [0.15, 0.2) is 0 Å². The van der Waals surface area contributed by atoms with Crippen LogP contribution in [-0.2, 0) is 11.3 Å². The molecule has 0 saturated heterocycles. The zero-order chi connectivity index (χ0) is 15.5. The highest BCUT2D eigenvalue weighted by molar-refractivity contribution is 5.75. The van der Waals surface area contributed by atoms with Crippen molar-refractivity contribution in [3.63, 3.8) is 0 Å². The third-order valence-electron chi connectivity index (χ3n) is 2.83. The Bertz CT molecular complexity index is 523. The van der Waals surface area contributed by atoms with Crippen molar-refractivity contribution >= 4 is 11.6 Å². The topological polar surface area (TPSA) is 131 Å². The third kappa shape index (κ3) is 3.75. The van der Waals surface area contributed by atoms with Gasteiger partial charge in [0.25, 0.3) is 0 Å². The first-order chi connectivity index (χ1) is 9.18. The SMILES string of the molecule is Cc1nn(CC(=O)NCC(C)(O)CO)c(C)c1[N+](=O)[O-]. The molecule has 0 aromatic carbocycles. The van der Waals surface area contributed by atoms with Gasteiger partial charge in [0.1, 0.15) is 23.5 Å². The molecule has 112 valence electrons. The highest BCUT2D eigenvalue weighted by Crippen LogP contribution is 2.21. The van der Waals surface area contributed by atoms with E-state index in [0.717, 1.165) is 0 Å². The van der Waals surface area contributed by atoms with E-state index in [4.69, 9.17) is 5.11 Å². The van der Waals surface area contributed by atoms with Crippen molar-refractivity contribution < 1.29 is 19.9 Å². The smallest absolute Gasteiger partial charge is 0.312 e. The van der Waals surface area contributed by atoms with Crippen molar-refractivity contribution in [2.45, 2.75) is 32.9 Å². The zero-order valence-electron chi connectivity index (χ0n) is 11.6. The van der Waals surface area contributed by atoms with Gasteiger partial charge in [0.2, 0.25) is 5.91 Å². The molecule has 0 aliphatic rings. The van der Waals surface area contributed by atoms with E-state index in [1.807, 2.05) is 0 Å². The minimum Gasteiger partial charge on any atom is -0.393 e. The molecule has 9 nitrogen and oxygen atoms in total. The van der Waals surface area contributed by atoms with Gasteiger partial charge >= 0.3 is 5.69 Å². The molecule has 0 spiro atoms. The van der Waals surface area contributed by atoms with Gasteiger partial charge in [-0.1, -0.05) is 0 Å². The number of aliphatic hydroxyl groups excluding tert-OH is 1. The summed E-state index contributed by atoms with van der Waals surface area (Å²) in [6.07, 6.45) is 0. The molecular formula is C11H18N4O5. The molecule has 0 fully saturated rings. The molecule has 1 rings (SSSR count). The van der Waals surface area contributed by atoms with Gasteiger partial charge in [-0.3, -0.25) is 19.6 Å². The number of aromatic nitrogens is 2. The molecule has 0 bridgehead atoms. The van der Waals surface area contributed by atoms with Crippen LogP contribution in [0.25, 0.3) is 0 Å². The van der Waals surface area contributed by atoms with Crippen molar-refractivity contribution in [1.29, 1.82) is 0 Å². The first-order valence-electron chi connectivity index (χ1n) is 5.96. The quantitative estimate of drug-likeness (QED) is 0.466.